The molecule has 0 heterocycles. The lowest BCUT2D eigenvalue weighted by molar-refractivity contribution is 0.442. The van der Waals surface area contributed by atoms with Crippen molar-refractivity contribution >= 4 is 6.29 Å². The fourth-order valence-corrected chi connectivity index (χ4v) is 1.41. The first-order valence-electron chi connectivity index (χ1n) is 4.58. The van der Waals surface area contributed by atoms with Gasteiger partial charge >= 0.3 is 0 Å². The van der Waals surface area contributed by atoms with Crippen LogP contribution >= 0.6 is 0 Å². The van der Waals surface area contributed by atoms with Crippen LogP contribution in [0.3, 0.4) is 0 Å². The Morgan fingerprint density at radius 1 is 1.29 bits per heavy atom. The number of benzene rings is 1. The van der Waals surface area contributed by atoms with Crippen molar-refractivity contribution in [2.75, 3.05) is 0 Å². The molecule has 2 heteroatoms. The van der Waals surface area contributed by atoms with Crippen molar-refractivity contribution in [1.29, 1.82) is 0 Å². The molecule has 0 atom stereocenters. The van der Waals surface area contributed by atoms with Crippen LogP contribution in [0.25, 0.3) is 0 Å². The second-order valence-corrected chi connectivity index (χ2v) is 4.54. The minimum Gasteiger partial charge on any atom is -0.507 e. The lowest BCUT2D eigenvalue weighted by Crippen LogP contribution is -2.12. The van der Waals surface area contributed by atoms with Crippen molar-refractivity contribution in [2.24, 2.45) is 0 Å². The van der Waals surface area contributed by atoms with E-state index in [9.17, 15) is 9.90 Å². The summed E-state index contributed by atoms with van der Waals surface area (Å²) in [6, 6.07) is 3.33. The van der Waals surface area contributed by atoms with Crippen molar-refractivity contribution in [1.82, 2.24) is 0 Å². The molecule has 1 radical (unpaired) electrons. The van der Waals surface area contributed by atoms with Gasteiger partial charge in [-0.15, -0.1) is 0 Å². The molecule has 0 aliphatic heterocycles. The third kappa shape index (κ3) is 1.95. The van der Waals surface area contributed by atoms with Gasteiger partial charge in [-0.3, -0.25) is 4.79 Å². The van der Waals surface area contributed by atoms with Crippen molar-refractivity contribution < 1.29 is 9.90 Å². The molecule has 0 spiro atoms. The Morgan fingerprint density at radius 3 is 2.29 bits per heavy atom. The summed E-state index contributed by atoms with van der Waals surface area (Å²) in [5.74, 6) is 0.275. The maximum atomic E-state index is 10.5. The predicted molar refractivity (Wildman–Crippen MR) is 56.3 cm³/mol. The molecule has 0 aromatic heterocycles. The van der Waals surface area contributed by atoms with E-state index in [0.29, 0.717) is 5.56 Å². The molecule has 0 aliphatic carbocycles. The van der Waals surface area contributed by atoms with Crippen LogP contribution < -0.4 is 0 Å². The Labute approximate surface area is 84.6 Å². The average molecular weight is 191 g/mol. The van der Waals surface area contributed by atoms with Gasteiger partial charge in [-0.25, -0.2) is 0 Å². The Kier molecular flexibility index (Phi) is 2.65. The number of phenolic OH excluding ortho intramolecular Hbond substituents is 1. The number of hydrogen-bond acceptors (Lipinski definition) is 2. The number of carbonyl (C=O) groups excluding carboxylic acids is 1. The monoisotopic (exact) mass is 191 g/mol. The Bertz CT molecular complexity index is 359. The number of rotatable bonds is 1. The summed E-state index contributed by atoms with van der Waals surface area (Å²) in [6.07, 6.45) is 1.85. The summed E-state index contributed by atoms with van der Waals surface area (Å²) in [4.78, 5) is 10.5. The van der Waals surface area contributed by atoms with E-state index >= 15 is 0 Å². The zero-order valence-electron chi connectivity index (χ0n) is 9.01. The fraction of sp³-hybridized carbons (Fsp3) is 0.417. The van der Waals surface area contributed by atoms with E-state index in [1.165, 1.54) is 0 Å². The van der Waals surface area contributed by atoms with Gasteiger partial charge in [0.25, 0.3) is 0 Å². The molecule has 1 N–H and O–H groups in total. The highest BCUT2D eigenvalue weighted by Crippen LogP contribution is 2.33. The summed E-state index contributed by atoms with van der Waals surface area (Å²) in [5.41, 5.74) is 1.83. The lowest BCUT2D eigenvalue weighted by atomic mass is 9.84. The molecule has 1 rings (SSSR count). The zero-order chi connectivity index (χ0) is 10.9. The molecule has 0 unspecified atom stereocenters. The Morgan fingerprint density at radius 2 is 1.86 bits per heavy atom. The number of aromatic hydroxyl groups is 1. The van der Waals surface area contributed by atoms with E-state index in [1.54, 1.807) is 19.1 Å². The highest BCUT2D eigenvalue weighted by Gasteiger charge is 2.19. The van der Waals surface area contributed by atoms with Gasteiger partial charge in [-0.05, 0) is 30.0 Å². The van der Waals surface area contributed by atoms with Gasteiger partial charge in [-0.2, -0.15) is 0 Å². The van der Waals surface area contributed by atoms with E-state index in [4.69, 9.17) is 0 Å². The first kappa shape index (κ1) is 10.8. The highest BCUT2D eigenvalue weighted by atomic mass is 16.3. The van der Waals surface area contributed by atoms with Gasteiger partial charge < -0.3 is 5.11 Å². The van der Waals surface area contributed by atoms with Crippen LogP contribution in [0.2, 0.25) is 0 Å². The third-order valence-electron chi connectivity index (χ3n) is 2.23. The molecule has 1 aromatic rings. The Balaban J connectivity index is 3.42. The van der Waals surface area contributed by atoms with Crippen LogP contribution in [-0.4, -0.2) is 11.4 Å². The minimum absolute atomic E-state index is 0.165. The van der Waals surface area contributed by atoms with Crippen LogP contribution in [-0.2, 0) is 10.2 Å². The van der Waals surface area contributed by atoms with E-state index < -0.39 is 0 Å². The van der Waals surface area contributed by atoms with Crippen molar-refractivity contribution in [3.63, 3.8) is 0 Å². The van der Waals surface area contributed by atoms with Crippen LogP contribution in [0.1, 0.15) is 37.5 Å². The summed E-state index contributed by atoms with van der Waals surface area (Å²) in [7, 11) is 0. The number of hydrogen-bond donors (Lipinski definition) is 1. The molecular weight excluding hydrogens is 176 g/mol. The largest absolute Gasteiger partial charge is 0.507 e. The van der Waals surface area contributed by atoms with Gasteiger partial charge in [0.1, 0.15) is 5.75 Å². The quantitative estimate of drug-likeness (QED) is 0.740. The van der Waals surface area contributed by atoms with Gasteiger partial charge in [0.05, 0.1) is 0 Å². The van der Waals surface area contributed by atoms with Gasteiger partial charge in [0.15, 0.2) is 0 Å². The molecule has 0 saturated heterocycles. The van der Waals surface area contributed by atoms with E-state index in [2.05, 4.69) is 0 Å². The van der Waals surface area contributed by atoms with Gasteiger partial charge in [-0.1, -0.05) is 20.8 Å². The molecule has 0 saturated carbocycles. The first-order valence-corrected chi connectivity index (χ1v) is 4.58. The SMILES string of the molecule is Cc1cc([C]=O)cc(C(C)(C)C)c1O. The smallest absolute Gasteiger partial charge is 0.233 e. The normalized spacial score (nSPS) is 11.4. The molecule has 0 amide bonds. The van der Waals surface area contributed by atoms with Crippen molar-refractivity contribution in [3.8, 4) is 5.75 Å². The first-order chi connectivity index (χ1) is 6.36. The predicted octanol–water partition coefficient (Wildman–Crippen LogP) is 2.46. The molecule has 14 heavy (non-hydrogen) atoms. The number of phenols is 1. The zero-order valence-corrected chi connectivity index (χ0v) is 9.01. The van der Waals surface area contributed by atoms with Crippen LogP contribution in [0.15, 0.2) is 12.1 Å². The van der Waals surface area contributed by atoms with E-state index in [-0.39, 0.29) is 11.2 Å². The minimum atomic E-state index is -0.165. The summed E-state index contributed by atoms with van der Waals surface area (Å²) < 4.78 is 0. The van der Waals surface area contributed by atoms with Crippen LogP contribution in [0.4, 0.5) is 0 Å². The van der Waals surface area contributed by atoms with Gasteiger partial charge in [0, 0.05) is 11.1 Å². The van der Waals surface area contributed by atoms with E-state index in [0.717, 1.165) is 11.1 Å². The van der Waals surface area contributed by atoms with Crippen LogP contribution in [0, 0.1) is 6.92 Å². The average Bonchev–Trinajstić information content (AvgIpc) is 2.07. The standard InChI is InChI=1S/C12H15O2/c1-8-5-9(7-13)6-10(11(8)14)12(2,3)4/h5-6,14H,1-4H3. The third-order valence-corrected chi connectivity index (χ3v) is 2.23. The van der Waals surface area contributed by atoms with Crippen LogP contribution in [0.5, 0.6) is 5.75 Å². The molecule has 0 aliphatic rings. The number of aryl methyl sites for hydroxylation is 1. The van der Waals surface area contributed by atoms with Crippen molar-refractivity contribution in [3.05, 3.63) is 28.8 Å². The lowest BCUT2D eigenvalue weighted by Gasteiger charge is -2.21. The topological polar surface area (TPSA) is 37.3 Å². The highest BCUT2D eigenvalue weighted by molar-refractivity contribution is 5.77. The van der Waals surface area contributed by atoms with E-state index in [1.807, 2.05) is 27.1 Å². The summed E-state index contributed by atoms with van der Waals surface area (Å²) in [6.45, 7) is 7.77. The molecule has 0 bridgehead atoms. The second-order valence-electron chi connectivity index (χ2n) is 4.54. The fourth-order valence-electron chi connectivity index (χ4n) is 1.41. The molecular formula is C12H15O2. The molecule has 0 fully saturated rings. The second kappa shape index (κ2) is 3.45. The van der Waals surface area contributed by atoms with Gasteiger partial charge in [0.2, 0.25) is 6.29 Å². The van der Waals surface area contributed by atoms with Crippen molar-refractivity contribution in [2.45, 2.75) is 33.1 Å². The summed E-state index contributed by atoms with van der Waals surface area (Å²) >= 11 is 0. The maximum Gasteiger partial charge on any atom is 0.233 e. The molecule has 75 valence electrons. The summed E-state index contributed by atoms with van der Waals surface area (Å²) in [5, 5.41) is 9.82. The Hall–Kier alpha value is -1.31. The molecule has 2 nitrogen and oxygen atoms in total. The molecule has 1 aromatic carbocycles. The maximum absolute atomic E-state index is 10.5.